The second-order valence-electron chi connectivity index (χ2n) is 6.33. The molecule has 3 rings (SSSR count). The molecule has 1 unspecified atom stereocenters. The number of fused-ring (bicyclic) bond motifs is 1. The van der Waals surface area contributed by atoms with Gasteiger partial charge < -0.3 is 10.6 Å². The van der Waals surface area contributed by atoms with E-state index in [1.165, 1.54) is 6.92 Å². The van der Waals surface area contributed by atoms with E-state index in [9.17, 15) is 13.2 Å². The van der Waals surface area contributed by atoms with Crippen molar-refractivity contribution in [2.45, 2.75) is 30.7 Å². The molecule has 2 aromatic rings. The molecule has 1 amide bonds. The van der Waals surface area contributed by atoms with Crippen LogP contribution in [0, 0.1) is 0 Å². The molecule has 2 N–H and O–H groups in total. The fraction of sp³-hybridized carbons (Fsp3) is 0.389. The predicted molar refractivity (Wildman–Crippen MR) is 99.1 cm³/mol. The monoisotopic (exact) mass is 361 g/mol. The number of carbonyl (C=O) groups is 1. The van der Waals surface area contributed by atoms with Crippen LogP contribution in [0.4, 0.5) is 5.69 Å². The lowest BCUT2D eigenvalue weighted by Crippen LogP contribution is -2.46. The summed E-state index contributed by atoms with van der Waals surface area (Å²) >= 11 is 0. The summed E-state index contributed by atoms with van der Waals surface area (Å²) in [4.78, 5) is 11.7. The van der Waals surface area contributed by atoms with Gasteiger partial charge in [-0.2, -0.15) is 4.31 Å². The summed E-state index contributed by atoms with van der Waals surface area (Å²) in [7, 11) is -1.74. The zero-order valence-electron chi connectivity index (χ0n) is 14.5. The molecule has 0 aliphatic carbocycles. The van der Waals surface area contributed by atoms with Gasteiger partial charge in [0.1, 0.15) is 0 Å². The standard InChI is InChI=1S/C18H23N3O3S/c1-13(22)20-17-9-10-18(16-8-4-3-7-15(16)17)25(23,24)21-11-5-6-14(12-21)19-2/h3-4,7-10,14,19H,5-6,11-12H2,1-2H3,(H,20,22). The summed E-state index contributed by atoms with van der Waals surface area (Å²) in [6.45, 7) is 2.44. The number of nitrogens with one attached hydrogen (secondary N) is 2. The Labute approximate surface area is 148 Å². The van der Waals surface area contributed by atoms with Crippen LogP contribution in [0.2, 0.25) is 0 Å². The van der Waals surface area contributed by atoms with Crippen LogP contribution in [0.15, 0.2) is 41.3 Å². The Kier molecular flexibility index (Phi) is 5.08. The van der Waals surface area contributed by atoms with Gasteiger partial charge in [0.2, 0.25) is 15.9 Å². The van der Waals surface area contributed by atoms with Gasteiger partial charge in [0.15, 0.2) is 0 Å². The summed E-state index contributed by atoms with van der Waals surface area (Å²) in [5.74, 6) is -0.186. The molecule has 0 saturated carbocycles. The summed E-state index contributed by atoms with van der Waals surface area (Å²) in [5.41, 5.74) is 0.619. The van der Waals surface area contributed by atoms with Crippen molar-refractivity contribution in [1.29, 1.82) is 0 Å². The van der Waals surface area contributed by atoms with Crippen molar-refractivity contribution in [3.05, 3.63) is 36.4 Å². The van der Waals surface area contributed by atoms with E-state index < -0.39 is 10.0 Å². The van der Waals surface area contributed by atoms with E-state index in [-0.39, 0.29) is 16.8 Å². The SMILES string of the molecule is CNC1CCCN(S(=O)(=O)c2ccc(NC(C)=O)c3ccccc23)C1. The highest BCUT2D eigenvalue weighted by atomic mass is 32.2. The van der Waals surface area contributed by atoms with Crippen LogP contribution in [0.5, 0.6) is 0 Å². The Morgan fingerprint density at radius 3 is 2.56 bits per heavy atom. The number of rotatable bonds is 4. The largest absolute Gasteiger partial charge is 0.326 e. The van der Waals surface area contributed by atoms with Gasteiger partial charge in [-0.3, -0.25) is 4.79 Å². The molecule has 0 spiro atoms. The number of likely N-dealkylation sites (N-methyl/N-ethyl adjacent to an activating group) is 1. The second-order valence-corrected chi connectivity index (χ2v) is 8.24. The zero-order valence-corrected chi connectivity index (χ0v) is 15.3. The van der Waals surface area contributed by atoms with E-state index in [1.54, 1.807) is 22.5 Å². The average Bonchev–Trinajstić information content (AvgIpc) is 2.61. The minimum absolute atomic E-state index is 0.174. The highest BCUT2D eigenvalue weighted by molar-refractivity contribution is 7.89. The fourth-order valence-corrected chi connectivity index (χ4v) is 5.05. The Hall–Kier alpha value is -1.96. The van der Waals surface area contributed by atoms with E-state index in [0.29, 0.717) is 24.2 Å². The quantitative estimate of drug-likeness (QED) is 0.875. The number of nitrogens with zero attached hydrogens (tertiary/aromatic N) is 1. The number of piperidine rings is 1. The van der Waals surface area contributed by atoms with E-state index in [4.69, 9.17) is 0 Å². The van der Waals surface area contributed by atoms with Gasteiger partial charge in [0.05, 0.1) is 4.90 Å². The van der Waals surface area contributed by atoms with Crippen molar-refractivity contribution in [1.82, 2.24) is 9.62 Å². The van der Waals surface area contributed by atoms with Gasteiger partial charge in [-0.25, -0.2) is 8.42 Å². The second kappa shape index (κ2) is 7.11. The molecule has 1 saturated heterocycles. The van der Waals surface area contributed by atoms with Crippen LogP contribution in [0.25, 0.3) is 10.8 Å². The van der Waals surface area contributed by atoms with Crippen LogP contribution in [-0.4, -0.2) is 44.8 Å². The normalized spacial score (nSPS) is 19.0. The van der Waals surface area contributed by atoms with Crippen molar-refractivity contribution in [2.75, 3.05) is 25.5 Å². The molecule has 6 nitrogen and oxygen atoms in total. The highest BCUT2D eigenvalue weighted by Crippen LogP contribution is 2.32. The van der Waals surface area contributed by atoms with Crippen LogP contribution >= 0.6 is 0 Å². The summed E-state index contributed by atoms with van der Waals surface area (Å²) in [6, 6.07) is 10.7. The van der Waals surface area contributed by atoms with Crippen molar-refractivity contribution in [2.24, 2.45) is 0 Å². The Balaban J connectivity index is 2.07. The lowest BCUT2D eigenvalue weighted by atomic mass is 10.1. The maximum Gasteiger partial charge on any atom is 0.243 e. The zero-order chi connectivity index (χ0) is 18.0. The third-order valence-electron chi connectivity index (χ3n) is 4.60. The number of hydrogen-bond acceptors (Lipinski definition) is 4. The predicted octanol–water partition coefficient (Wildman–Crippen LogP) is 2.17. The van der Waals surface area contributed by atoms with Crippen molar-refractivity contribution in [3.8, 4) is 0 Å². The molecule has 1 aliphatic rings. The molecule has 0 radical (unpaired) electrons. The van der Waals surface area contributed by atoms with Gasteiger partial charge in [-0.05, 0) is 32.0 Å². The first-order valence-corrected chi connectivity index (χ1v) is 9.84. The third-order valence-corrected chi connectivity index (χ3v) is 6.53. The van der Waals surface area contributed by atoms with E-state index >= 15 is 0 Å². The van der Waals surface area contributed by atoms with Crippen LogP contribution in [0.1, 0.15) is 19.8 Å². The topological polar surface area (TPSA) is 78.5 Å². The summed E-state index contributed by atoms with van der Waals surface area (Å²) in [5, 5.41) is 7.28. The molecular formula is C18H23N3O3S. The van der Waals surface area contributed by atoms with Gasteiger partial charge in [0, 0.05) is 42.5 Å². The molecule has 0 bridgehead atoms. The molecule has 1 atom stereocenters. The molecule has 0 aromatic heterocycles. The van der Waals surface area contributed by atoms with Gasteiger partial charge in [-0.15, -0.1) is 0 Å². The highest BCUT2D eigenvalue weighted by Gasteiger charge is 2.31. The number of benzene rings is 2. The van der Waals surface area contributed by atoms with Crippen LogP contribution in [-0.2, 0) is 14.8 Å². The van der Waals surface area contributed by atoms with Gasteiger partial charge in [0.25, 0.3) is 0 Å². The van der Waals surface area contributed by atoms with E-state index in [1.807, 2.05) is 25.2 Å². The van der Waals surface area contributed by atoms with Crippen LogP contribution < -0.4 is 10.6 Å². The molecule has 25 heavy (non-hydrogen) atoms. The molecular weight excluding hydrogens is 338 g/mol. The first-order chi connectivity index (χ1) is 11.9. The summed E-state index contributed by atoms with van der Waals surface area (Å²) in [6.07, 6.45) is 1.82. The maximum absolute atomic E-state index is 13.2. The first kappa shape index (κ1) is 17.8. The maximum atomic E-state index is 13.2. The minimum atomic E-state index is -3.60. The average molecular weight is 361 g/mol. The fourth-order valence-electron chi connectivity index (χ4n) is 3.33. The molecule has 1 heterocycles. The molecule has 1 fully saturated rings. The number of hydrogen-bond donors (Lipinski definition) is 2. The first-order valence-electron chi connectivity index (χ1n) is 8.40. The van der Waals surface area contributed by atoms with E-state index in [0.717, 1.165) is 18.2 Å². The van der Waals surface area contributed by atoms with Crippen molar-refractivity contribution >= 4 is 32.4 Å². The third kappa shape index (κ3) is 3.53. The number of sulfonamides is 1. The number of anilines is 1. The Morgan fingerprint density at radius 1 is 1.16 bits per heavy atom. The van der Waals surface area contributed by atoms with E-state index in [2.05, 4.69) is 10.6 Å². The molecule has 1 aliphatic heterocycles. The minimum Gasteiger partial charge on any atom is -0.326 e. The number of amides is 1. The van der Waals surface area contributed by atoms with Crippen molar-refractivity contribution < 1.29 is 13.2 Å². The summed E-state index contributed by atoms with van der Waals surface area (Å²) < 4.78 is 28.0. The molecule has 134 valence electrons. The lowest BCUT2D eigenvalue weighted by molar-refractivity contribution is -0.114. The Morgan fingerprint density at radius 2 is 1.88 bits per heavy atom. The smallest absolute Gasteiger partial charge is 0.243 e. The number of carbonyl (C=O) groups excluding carboxylic acids is 1. The van der Waals surface area contributed by atoms with Crippen LogP contribution in [0.3, 0.4) is 0 Å². The molecule has 7 heteroatoms. The lowest BCUT2D eigenvalue weighted by Gasteiger charge is -2.32. The van der Waals surface area contributed by atoms with Crippen molar-refractivity contribution in [3.63, 3.8) is 0 Å². The molecule has 2 aromatic carbocycles. The van der Waals surface area contributed by atoms with Gasteiger partial charge >= 0.3 is 0 Å². The van der Waals surface area contributed by atoms with Gasteiger partial charge in [-0.1, -0.05) is 24.3 Å². The Bertz CT molecular complexity index is 896.